The summed E-state index contributed by atoms with van der Waals surface area (Å²) in [5.41, 5.74) is 0.0844. The van der Waals surface area contributed by atoms with Crippen molar-refractivity contribution in [1.29, 1.82) is 0 Å². The highest BCUT2D eigenvalue weighted by Crippen LogP contribution is 2.32. The van der Waals surface area contributed by atoms with Gasteiger partial charge in [-0.3, -0.25) is 0 Å². The summed E-state index contributed by atoms with van der Waals surface area (Å²) in [6, 6.07) is 8.58. The van der Waals surface area contributed by atoms with Crippen LogP contribution in [-0.4, -0.2) is 16.2 Å². The molecule has 2 N–H and O–H groups in total. The minimum Gasteiger partial charge on any atom is -0.478 e. The van der Waals surface area contributed by atoms with Gasteiger partial charge in [-0.1, -0.05) is 29.8 Å². The number of aliphatic hydroxyl groups is 1. The van der Waals surface area contributed by atoms with E-state index in [1.807, 2.05) is 19.1 Å². The van der Waals surface area contributed by atoms with E-state index < -0.39 is 11.6 Å². The van der Waals surface area contributed by atoms with Crippen molar-refractivity contribution >= 4 is 5.97 Å². The molecule has 1 unspecified atom stereocenters. The number of furan rings is 1. The highest BCUT2D eigenvalue weighted by atomic mass is 16.4. The topological polar surface area (TPSA) is 70.7 Å². The Balaban J connectivity index is 2.54. The molecule has 18 heavy (non-hydrogen) atoms. The van der Waals surface area contributed by atoms with Crippen molar-refractivity contribution in [2.75, 3.05) is 0 Å². The van der Waals surface area contributed by atoms with Crippen LogP contribution in [0.4, 0.5) is 0 Å². The summed E-state index contributed by atoms with van der Waals surface area (Å²) in [5.74, 6) is -1.08. The zero-order valence-corrected chi connectivity index (χ0v) is 10.2. The largest absolute Gasteiger partial charge is 0.478 e. The fourth-order valence-corrected chi connectivity index (χ4v) is 1.93. The molecule has 0 aliphatic rings. The monoisotopic (exact) mass is 246 g/mol. The summed E-state index contributed by atoms with van der Waals surface area (Å²) >= 11 is 0. The molecule has 94 valence electrons. The third kappa shape index (κ3) is 2.02. The molecule has 0 saturated heterocycles. The zero-order valence-electron chi connectivity index (χ0n) is 10.2. The molecule has 2 aromatic rings. The molecule has 0 spiro atoms. The number of benzene rings is 1. The van der Waals surface area contributed by atoms with Crippen LogP contribution in [0.15, 0.2) is 41.0 Å². The standard InChI is InChI=1S/C14H14O4/c1-9-4-3-5-10(8-9)14(2,17)12-11(13(15)16)6-7-18-12/h3-8,17H,1-2H3,(H,15,16). The molecule has 4 heteroatoms. The first-order chi connectivity index (χ1) is 8.43. The summed E-state index contributed by atoms with van der Waals surface area (Å²) < 4.78 is 5.15. The van der Waals surface area contributed by atoms with E-state index in [4.69, 9.17) is 9.52 Å². The van der Waals surface area contributed by atoms with Crippen molar-refractivity contribution in [3.05, 3.63) is 59.0 Å². The number of carbonyl (C=O) groups is 1. The molecule has 1 aromatic carbocycles. The van der Waals surface area contributed by atoms with Crippen LogP contribution in [0.2, 0.25) is 0 Å². The van der Waals surface area contributed by atoms with Crippen molar-refractivity contribution in [1.82, 2.24) is 0 Å². The van der Waals surface area contributed by atoms with Crippen LogP contribution >= 0.6 is 0 Å². The van der Waals surface area contributed by atoms with Crippen molar-refractivity contribution in [2.45, 2.75) is 19.4 Å². The van der Waals surface area contributed by atoms with Crippen LogP contribution < -0.4 is 0 Å². The van der Waals surface area contributed by atoms with Crippen LogP contribution in [0.1, 0.15) is 34.2 Å². The van der Waals surface area contributed by atoms with Crippen LogP contribution in [0.5, 0.6) is 0 Å². The van der Waals surface area contributed by atoms with Gasteiger partial charge in [-0.15, -0.1) is 0 Å². The van der Waals surface area contributed by atoms with Gasteiger partial charge in [-0.25, -0.2) is 4.79 Å². The Bertz CT molecular complexity index is 581. The zero-order chi connectivity index (χ0) is 13.3. The normalized spacial score (nSPS) is 14.2. The first-order valence-electron chi connectivity index (χ1n) is 5.53. The fourth-order valence-electron chi connectivity index (χ4n) is 1.93. The van der Waals surface area contributed by atoms with Crippen LogP contribution in [0.25, 0.3) is 0 Å². The molecule has 0 aliphatic carbocycles. The molecule has 0 saturated carbocycles. The molecule has 0 fully saturated rings. The molecule has 1 heterocycles. The van der Waals surface area contributed by atoms with Gasteiger partial charge in [0.15, 0.2) is 5.76 Å². The van der Waals surface area contributed by atoms with E-state index in [0.717, 1.165) is 5.56 Å². The van der Waals surface area contributed by atoms with Gasteiger partial charge in [0, 0.05) is 0 Å². The Morgan fingerprint density at radius 2 is 2.06 bits per heavy atom. The Kier molecular flexibility index (Phi) is 2.97. The molecular formula is C14H14O4. The van der Waals surface area contributed by atoms with E-state index >= 15 is 0 Å². The molecule has 0 aliphatic heterocycles. The minimum atomic E-state index is -1.47. The number of carboxylic acids is 1. The smallest absolute Gasteiger partial charge is 0.339 e. The number of aromatic carboxylic acids is 1. The van der Waals surface area contributed by atoms with E-state index in [-0.39, 0.29) is 11.3 Å². The summed E-state index contributed by atoms with van der Waals surface area (Å²) in [7, 11) is 0. The molecule has 0 radical (unpaired) electrons. The lowest BCUT2D eigenvalue weighted by molar-refractivity contribution is 0.0615. The van der Waals surface area contributed by atoms with Gasteiger partial charge in [-0.05, 0) is 25.5 Å². The van der Waals surface area contributed by atoms with Crippen molar-refractivity contribution in [2.24, 2.45) is 0 Å². The average molecular weight is 246 g/mol. The predicted octanol–water partition coefficient (Wildman–Crippen LogP) is 2.54. The van der Waals surface area contributed by atoms with Gasteiger partial charge < -0.3 is 14.6 Å². The van der Waals surface area contributed by atoms with Gasteiger partial charge in [0.25, 0.3) is 0 Å². The SMILES string of the molecule is Cc1cccc(C(C)(O)c2occc2C(=O)O)c1. The van der Waals surface area contributed by atoms with Crippen molar-refractivity contribution in [3.8, 4) is 0 Å². The summed E-state index contributed by atoms with van der Waals surface area (Å²) in [6.07, 6.45) is 1.27. The molecule has 0 amide bonds. The quantitative estimate of drug-likeness (QED) is 0.873. The maximum absolute atomic E-state index is 11.1. The molecule has 0 bridgehead atoms. The lowest BCUT2D eigenvalue weighted by Crippen LogP contribution is -2.24. The minimum absolute atomic E-state index is 0.0264. The Morgan fingerprint density at radius 1 is 1.33 bits per heavy atom. The van der Waals surface area contributed by atoms with Gasteiger partial charge in [0.1, 0.15) is 11.2 Å². The molecule has 4 nitrogen and oxygen atoms in total. The maximum atomic E-state index is 11.1. The van der Waals surface area contributed by atoms with E-state index in [0.29, 0.717) is 5.56 Å². The van der Waals surface area contributed by atoms with Crippen LogP contribution in [-0.2, 0) is 5.60 Å². The van der Waals surface area contributed by atoms with Crippen molar-refractivity contribution in [3.63, 3.8) is 0 Å². The summed E-state index contributed by atoms with van der Waals surface area (Å²) in [6.45, 7) is 3.42. The van der Waals surface area contributed by atoms with E-state index in [2.05, 4.69) is 0 Å². The third-order valence-corrected chi connectivity index (χ3v) is 2.92. The number of carboxylic acid groups (broad SMARTS) is 1. The van der Waals surface area contributed by atoms with Gasteiger partial charge in [0.05, 0.1) is 6.26 Å². The predicted molar refractivity (Wildman–Crippen MR) is 65.5 cm³/mol. The second-order valence-electron chi connectivity index (χ2n) is 4.41. The fraction of sp³-hybridized carbons (Fsp3) is 0.214. The van der Waals surface area contributed by atoms with Crippen LogP contribution in [0.3, 0.4) is 0 Å². The molecule has 1 aromatic heterocycles. The Labute approximate surface area is 104 Å². The maximum Gasteiger partial charge on any atom is 0.339 e. The second kappa shape index (κ2) is 4.31. The highest BCUT2D eigenvalue weighted by molar-refractivity contribution is 5.89. The lowest BCUT2D eigenvalue weighted by Gasteiger charge is -2.22. The van der Waals surface area contributed by atoms with Gasteiger partial charge in [0.2, 0.25) is 0 Å². The van der Waals surface area contributed by atoms with Gasteiger partial charge >= 0.3 is 5.97 Å². The van der Waals surface area contributed by atoms with E-state index in [1.54, 1.807) is 12.1 Å². The number of rotatable bonds is 3. The first-order valence-corrected chi connectivity index (χ1v) is 5.53. The lowest BCUT2D eigenvalue weighted by atomic mass is 9.90. The number of hydrogen-bond acceptors (Lipinski definition) is 3. The molecule has 1 atom stereocenters. The van der Waals surface area contributed by atoms with Crippen LogP contribution in [0, 0.1) is 6.92 Å². The van der Waals surface area contributed by atoms with Crippen molar-refractivity contribution < 1.29 is 19.4 Å². The average Bonchev–Trinajstić information content (AvgIpc) is 2.78. The highest BCUT2D eigenvalue weighted by Gasteiger charge is 2.33. The number of hydrogen-bond donors (Lipinski definition) is 2. The Morgan fingerprint density at radius 3 is 2.67 bits per heavy atom. The summed E-state index contributed by atoms with van der Waals surface area (Å²) in [5, 5.41) is 19.6. The molecule has 2 rings (SSSR count). The third-order valence-electron chi connectivity index (χ3n) is 2.92. The van der Waals surface area contributed by atoms with E-state index in [9.17, 15) is 9.90 Å². The first kappa shape index (κ1) is 12.4. The number of aryl methyl sites for hydroxylation is 1. The molecular weight excluding hydrogens is 232 g/mol. The summed E-state index contributed by atoms with van der Waals surface area (Å²) in [4.78, 5) is 11.1. The Hall–Kier alpha value is -2.07. The van der Waals surface area contributed by atoms with E-state index in [1.165, 1.54) is 19.3 Å². The van der Waals surface area contributed by atoms with Gasteiger partial charge in [-0.2, -0.15) is 0 Å². The second-order valence-corrected chi connectivity index (χ2v) is 4.41.